The Labute approximate surface area is 218 Å². The van der Waals surface area contributed by atoms with Crippen LogP contribution in [0, 0.1) is 6.92 Å². The predicted octanol–water partition coefficient (Wildman–Crippen LogP) is 5.21. The van der Waals surface area contributed by atoms with Gasteiger partial charge in [-0.25, -0.2) is 0 Å². The molecule has 2 amide bonds. The van der Waals surface area contributed by atoms with E-state index in [4.69, 9.17) is 12.2 Å². The van der Waals surface area contributed by atoms with Crippen LogP contribution in [0.1, 0.15) is 51.6 Å². The fourth-order valence-corrected chi connectivity index (χ4v) is 4.47. The Morgan fingerprint density at radius 3 is 2.11 bits per heavy atom. The predicted molar refractivity (Wildman–Crippen MR) is 150 cm³/mol. The lowest BCUT2D eigenvalue weighted by Crippen LogP contribution is -2.48. The zero-order chi connectivity index (χ0) is 25.7. The summed E-state index contributed by atoms with van der Waals surface area (Å²) in [5, 5.41) is 6.07. The standard InChI is InChI=1S/C29H32N4O2S/c1-20(2)22-8-10-23(11-9-22)27(34)31-29(36)30-24-12-14-25(15-13-24)32-16-18-33(19-17-32)28(35)26-7-5-4-6-21(26)3/h4-15,20H,16-19H2,1-3H3,(H2,30,31,34,36). The molecule has 0 bridgehead atoms. The van der Waals surface area contributed by atoms with E-state index in [9.17, 15) is 9.59 Å². The first kappa shape index (κ1) is 25.4. The van der Waals surface area contributed by atoms with Crippen LogP contribution in [0.5, 0.6) is 0 Å². The quantitative estimate of drug-likeness (QED) is 0.471. The first-order valence-corrected chi connectivity index (χ1v) is 12.6. The second-order valence-corrected chi connectivity index (χ2v) is 9.73. The van der Waals surface area contributed by atoms with Gasteiger partial charge in [-0.05, 0) is 78.7 Å². The summed E-state index contributed by atoms with van der Waals surface area (Å²) in [7, 11) is 0. The molecule has 1 aliphatic heterocycles. The van der Waals surface area contributed by atoms with E-state index in [0.29, 0.717) is 24.6 Å². The number of rotatable bonds is 5. The average molecular weight is 501 g/mol. The largest absolute Gasteiger partial charge is 0.368 e. The van der Waals surface area contributed by atoms with Crippen molar-refractivity contribution >= 4 is 40.5 Å². The number of amides is 2. The molecular weight excluding hydrogens is 468 g/mol. The highest BCUT2D eigenvalue weighted by Gasteiger charge is 2.23. The molecule has 0 radical (unpaired) electrons. The number of piperazine rings is 1. The Morgan fingerprint density at radius 1 is 0.861 bits per heavy atom. The van der Waals surface area contributed by atoms with Gasteiger partial charge in [-0.3, -0.25) is 14.9 Å². The van der Waals surface area contributed by atoms with Gasteiger partial charge in [0.05, 0.1) is 0 Å². The smallest absolute Gasteiger partial charge is 0.257 e. The van der Waals surface area contributed by atoms with E-state index in [1.807, 2.05) is 84.6 Å². The van der Waals surface area contributed by atoms with Crippen LogP contribution in [-0.4, -0.2) is 48.0 Å². The van der Waals surface area contributed by atoms with Gasteiger partial charge in [0.25, 0.3) is 11.8 Å². The molecule has 4 rings (SSSR count). The van der Waals surface area contributed by atoms with Crippen molar-refractivity contribution in [1.82, 2.24) is 10.2 Å². The molecule has 6 nitrogen and oxygen atoms in total. The van der Waals surface area contributed by atoms with Crippen LogP contribution in [0.3, 0.4) is 0 Å². The summed E-state index contributed by atoms with van der Waals surface area (Å²) in [5.41, 5.74) is 5.42. The van der Waals surface area contributed by atoms with Crippen molar-refractivity contribution in [2.75, 3.05) is 36.4 Å². The van der Waals surface area contributed by atoms with Crippen molar-refractivity contribution in [3.63, 3.8) is 0 Å². The van der Waals surface area contributed by atoms with Crippen LogP contribution in [0.4, 0.5) is 11.4 Å². The van der Waals surface area contributed by atoms with E-state index in [1.165, 1.54) is 5.56 Å². The third-order valence-electron chi connectivity index (χ3n) is 6.50. The summed E-state index contributed by atoms with van der Waals surface area (Å²) in [6.07, 6.45) is 0. The number of thiocarbonyl (C=S) groups is 1. The van der Waals surface area contributed by atoms with Gasteiger partial charge < -0.3 is 15.1 Å². The van der Waals surface area contributed by atoms with Crippen molar-refractivity contribution in [3.05, 3.63) is 95.1 Å². The van der Waals surface area contributed by atoms with E-state index in [-0.39, 0.29) is 16.9 Å². The summed E-state index contributed by atoms with van der Waals surface area (Å²) < 4.78 is 0. The molecular formula is C29H32N4O2S. The third-order valence-corrected chi connectivity index (χ3v) is 6.70. The molecule has 0 aliphatic carbocycles. The van der Waals surface area contributed by atoms with Gasteiger partial charge in [0.2, 0.25) is 0 Å². The van der Waals surface area contributed by atoms with Gasteiger partial charge >= 0.3 is 0 Å². The Morgan fingerprint density at radius 2 is 1.50 bits per heavy atom. The molecule has 1 aliphatic rings. The number of carbonyl (C=O) groups excluding carboxylic acids is 2. The minimum atomic E-state index is -0.238. The molecule has 0 saturated carbocycles. The van der Waals surface area contributed by atoms with Crippen LogP contribution >= 0.6 is 12.2 Å². The van der Waals surface area contributed by atoms with E-state index in [0.717, 1.165) is 35.6 Å². The fraction of sp³-hybridized carbons (Fsp3) is 0.276. The summed E-state index contributed by atoms with van der Waals surface area (Å²) in [6, 6.07) is 23.2. The van der Waals surface area contributed by atoms with Gasteiger partial charge in [0, 0.05) is 48.7 Å². The molecule has 36 heavy (non-hydrogen) atoms. The van der Waals surface area contributed by atoms with Crippen molar-refractivity contribution < 1.29 is 9.59 Å². The number of carbonyl (C=O) groups is 2. The zero-order valence-electron chi connectivity index (χ0n) is 21.0. The van der Waals surface area contributed by atoms with Crippen molar-refractivity contribution in [2.24, 2.45) is 0 Å². The highest BCUT2D eigenvalue weighted by atomic mass is 32.1. The maximum Gasteiger partial charge on any atom is 0.257 e. The maximum atomic E-state index is 12.9. The van der Waals surface area contributed by atoms with Crippen LogP contribution in [-0.2, 0) is 0 Å². The molecule has 1 heterocycles. The summed E-state index contributed by atoms with van der Waals surface area (Å²) in [4.78, 5) is 29.6. The average Bonchev–Trinajstić information content (AvgIpc) is 2.89. The van der Waals surface area contributed by atoms with E-state index in [1.54, 1.807) is 0 Å². The van der Waals surface area contributed by atoms with Crippen LogP contribution in [0.25, 0.3) is 0 Å². The summed E-state index contributed by atoms with van der Waals surface area (Å²) in [6.45, 7) is 9.12. The van der Waals surface area contributed by atoms with E-state index < -0.39 is 0 Å². The number of hydrogen-bond acceptors (Lipinski definition) is 4. The normalized spacial score (nSPS) is 13.4. The SMILES string of the molecule is Cc1ccccc1C(=O)N1CCN(c2ccc(NC(=S)NC(=O)c3ccc(C(C)C)cc3)cc2)CC1. The lowest BCUT2D eigenvalue weighted by molar-refractivity contribution is 0.0746. The highest BCUT2D eigenvalue weighted by Crippen LogP contribution is 2.21. The minimum absolute atomic E-state index is 0.0960. The van der Waals surface area contributed by atoms with Crippen molar-refractivity contribution in [2.45, 2.75) is 26.7 Å². The van der Waals surface area contributed by atoms with Crippen molar-refractivity contribution in [3.8, 4) is 0 Å². The first-order valence-electron chi connectivity index (χ1n) is 12.2. The third kappa shape index (κ3) is 6.10. The molecule has 3 aromatic carbocycles. The lowest BCUT2D eigenvalue weighted by Gasteiger charge is -2.36. The second-order valence-electron chi connectivity index (χ2n) is 9.33. The summed E-state index contributed by atoms with van der Waals surface area (Å²) >= 11 is 5.33. The molecule has 0 atom stereocenters. The Balaban J connectivity index is 1.28. The highest BCUT2D eigenvalue weighted by molar-refractivity contribution is 7.80. The number of hydrogen-bond donors (Lipinski definition) is 2. The number of nitrogens with zero attached hydrogens (tertiary/aromatic N) is 2. The molecule has 1 saturated heterocycles. The molecule has 0 spiro atoms. The number of anilines is 2. The van der Waals surface area contributed by atoms with E-state index >= 15 is 0 Å². The molecule has 0 aromatic heterocycles. The van der Waals surface area contributed by atoms with Gasteiger partial charge in [-0.1, -0.05) is 44.2 Å². The molecule has 186 valence electrons. The van der Waals surface area contributed by atoms with Crippen LogP contribution in [0.2, 0.25) is 0 Å². The lowest BCUT2D eigenvalue weighted by atomic mass is 10.0. The van der Waals surface area contributed by atoms with E-state index in [2.05, 4.69) is 29.4 Å². The second kappa shape index (κ2) is 11.4. The van der Waals surface area contributed by atoms with Gasteiger partial charge in [0.1, 0.15) is 0 Å². The maximum absolute atomic E-state index is 12.9. The van der Waals surface area contributed by atoms with Gasteiger partial charge in [0.15, 0.2) is 5.11 Å². The molecule has 3 aromatic rings. The Kier molecular flexibility index (Phi) is 8.00. The monoisotopic (exact) mass is 500 g/mol. The van der Waals surface area contributed by atoms with Crippen LogP contribution < -0.4 is 15.5 Å². The number of nitrogens with one attached hydrogen (secondary N) is 2. The Bertz CT molecular complexity index is 1230. The minimum Gasteiger partial charge on any atom is -0.368 e. The first-order chi connectivity index (χ1) is 17.3. The molecule has 1 fully saturated rings. The van der Waals surface area contributed by atoms with Gasteiger partial charge in [-0.2, -0.15) is 0 Å². The molecule has 0 unspecified atom stereocenters. The fourth-order valence-electron chi connectivity index (χ4n) is 4.26. The van der Waals surface area contributed by atoms with Gasteiger partial charge in [-0.15, -0.1) is 0 Å². The number of aryl methyl sites for hydroxylation is 1. The number of benzene rings is 3. The van der Waals surface area contributed by atoms with Crippen LogP contribution in [0.15, 0.2) is 72.8 Å². The Hall–Kier alpha value is -3.71. The van der Waals surface area contributed by atoms with Crippen molar-refractivity contribution in [1.29, 1.82) is 0 Å². The topological polar surface area (TPSA) is 64.7 Å². The summed E-state index contributed by atoms with van der Waals surface area (Å²) in [5.74, 6) is 0.272. The molecule has 7 heteroatoms. The molecule has 2 N–H and O–H groups in total. The zero-order valence-corrected chi connectivity index (χ0v) is 21.8.